The largest absolute Gasteiger partial charge is 0.372 e. The van der Waals surface area contributed by atoms with Crippen molar-refractivity contribution in [1.82, 2.24) is 15.4 Å². The Hall–Kier alpha value is -2.25. The van der Waals surface area contributed by atoms with Crippen molar-refractivity contribution in [3.8, 4) is 0 Å². The van der Waals surface area contributed by atoms with Gasteiger partial charge in [-0.25, -0.2) is 4.39 Å². The average molecular weight is 359 g/mol. The predicted molar refractivity (Wildman–Crippen MR) is 91.9 cm³/mol. The standard InChI is InChI=1S/C19H22FN3O3/c20-16-4-2-1-3-15(16)10-23-12-19(13-23)7-5-14(11-25-19)9-21-18(24)17-6-8-22-26-17/h1-4,6,8,14H,5,7,9-13H2,(H,21,24)/t14-/m1/s1. The van der Waals surface area contributed by atoms with E-state index in [1.54, 1.807) is 12.1 Å². The van der Waals surface area contributed by atoms with Gasteiger partial charge >= 0.3 is 0 Å². The monoisotopic (exact) mass is 359 g/mol. The van der Waals surface area contributed by atoms with E-state index in [1.165, 1.54) is 12.3 Å². The molecule has 0 bridgehead atoms. The van der Waals surface area contributed by atoms with Gasteiger partial charge in [-0.2, -0.15) is 0 Å². The molecule has 4 rings (SSSR count). The van der Waals surface area contributed by atoms with Crippen LogP contribution in [0.25, 0.3) is 0 Å². The summed E-state index contributed by atoms with van der Waals surface area (Å²) in [5.74, 6) is 0.122. The Morgan fingerprint density at radius 1 is 1.35 bits per heavy atom. The number of carbonyl (C=O) groups is 1. The molecule has 0 unspecified atom stereocenters. The number of benzene rings is 1. The van der Waals surface area contributed by atoms with E-state index in [4.69, 9.17) is 9.26 Å². The highest BCUT2D eigenvalue weighted by molar-refractivity contribution is 5.91. The molecule has 2 aliphatic heterocycles. The lowest BCUT2D eigenvalue weighted by atomic mass is 9.82. The first-order valence-corrected chi connectivity index (χ1v) is 8.92. The highest BCUT2D eigenvalue weighted by Crippen LogP contribution is 2.36. The van der Waals surface area contributed by atoms with E-state index in [1.807, 2.05) is 12.1 Å². The second-order valence-electron chi connectivity index (χ2n) is 7.22. The fraction of sp³-hybridized carbons (Fsp3) is 0.474. The Kier molecular flexibility index (Phi) is 4.74. The van der Waals surface area contributed by atoms with Gasteiger partial charge in [-0.1, -0.05) is 23.4 Å². The summed E-state index contributed by atoms with van der Waals surface area (Å²) in [7, 11) is 0. The molecule has 2 fully saturated rings. The molecule has 1 spiro atoms. The molecule has 1 atom stereocenters. The quantitative estimate of drug-likeness (QED) is 0.887. The maximum atomic E-state index is 13.7. The molecule has 0 saturated carbocycles. The second-order valence-corrected chi connectivity index (χ2v) is 7.22. The van der Waals surface area contributed by atoms with Crippen LogP contribution in [-0.2, 0) is 11.3 Å². The normalized spacial score (nSPS) is 22.1. The van der Waals surface area contributed by atoms with E-state index in [-0.39, 0.29) is 23.1 Å². The molecule has 7 heteroatoms. The molecule has 6 nitrogen and oxygen atoms in total. The van der Waals surface area contributed by atoms with E-state index >= 15 is 0 Å². The number of likely N-dealkylation sites (tertiary alicyclic amines) is 1. The van der Waals surface area contributed by atoms with Crippen molar-refractivity contribution in [2.75, 3.05) is 26.2 Å². The summed E-state index contributed by atoms with van der Waals surface area (Å²) in [6, 6.07) is 8.44. The fourth-order valence-corrected chi connectivity index (χ4v) is 3.73. The lowest BCUT2D eigenvalue weighted by molar-refractivity contribution is -0.181. The Bertz CT molecular complexity index is 749. The van der Waals surface area contributed by atoms with E-state index < -0.39 is 0 Å². The lowest BCUT2D eigenvalue weighted by Gasteiger charge is -2.53. The fourth-order valence-electron chi connectivity index (χ4n) is 3.73. The number of carbonyl (C=O) groups excluding carboxylic acids is 1. The van der Waals surface area contributed by atoms with Gasteiger partial charge in [-0.3, -0.25) is 9.69 Å². The Morgan fingerprint density at radius 3 is 2.88 bits per heavy atom. The van der Waals surface area contributed by atoms with Gasteiger partial charge in [0.25, 0.3) is 5.91 Å². The Labute approximate surface area is 151 Å². The number of ether oxygens (including phenoxy) is 1. The number of aromatic nitrogens is 1. The number of nitrogens with zero attached hydrogens (tertiary/aromatic N) is 2. The maximum absolute atomic E-state index is 13.7. The van der Waals surface area contributed by atoms with Crippen molar-refractivity contribution in [3.05, 3.63) is 53.7 Å². The first kappa shape index (κ1) is 17.2. The Balaban J connectivity index is 1.20. The second kappa shape index (κ2) is 7.17. The highest BCUT2D eigenvalue weighted by atomic mass is 19.1. The number of nitrogens with one attached hydrogen (secondary N) is 1. The van der Waals surface area contributed by atoms with Crippen molar-refractivity contribution >= 4 is 5.91 Å². The van der Waals surface area contributed by atoms with Crippen LogP contribution in [0.15, 0.2) is 41.1 Å². The van der Waals surface area contributed by atoms with Crippen LogP contribution >= 0.6 is 0 Å². The van der Waals surface area contributed by atoms with Gasteiger partial charge in [0.05, 0.1) is 18.4 Å². The minimum absolute atomic E-state index is 0.100. The smallest absolute Gasteiger partial charge is 0.289 e. The molecule has 138 valence electrons. The van der Waals surface area contributed by atoms with E-state index in [2.05, 4.69) is 15.4 Å². The number of hydrogen-bond donors (Lipinski definition) is 1. The Morgan fingerprint density at radius 2 is 2.19 bits per heavy atom. The molecule has 2 aromatic rings. The van der Waals surface area contributed by atoms with Crippen molar-refractivity contribution < 1.29 is 18.4 Å². The summed E-state index contributed by atoms with van der Waals surface area (Å²) in [4.78, 5) is 14.1. The minimum Gasteiger partial charge on any atom is -0.372 e. The third-order valence-corrected chi connectivity index (χ3v) is 5.22. The van der Waals surface area contributed by atoms with Crippen LogP contribution in [0.3, 0.4) is 0 Å². The molecule has 0 radical (unpaired) electrons. The zero-order valence-corrected chi connectivity index (χ0v) is 14.5. The van der Waals surface area contributed by atoms with Crippen LogP contribution in [0, 0.1) is 11.7 Å². The van der Waals surface area contributed by atoms with Crippen LogP contribution in [0.2, 0.25) is 0 Å². The average Bonchev–Trinajstić information content (AvgIpc) is 3.16. The first-order valence-electron chi connectivity index (χ1n) is 8.92. The molecular formula is C19H22FN3O3. The van der Waals surface area contributed by atoms with Gasteiger partial charge < -0.3 is 14.6 Å². The maximum Gasteiger partial charge on any atom is 0.289 e. The SMILES string of the molecule is O=C(NC[C@H]1CCC2(CN(Cc3ccccc3F)C2)OC1)c1ccno1. The first-order chi connectivity index (χ1) is 12.6. The van der Waals surface area contributed by atoms with E-state index in [0.29, 0.717) is 25.6 Å². The number of halogens is 1. The summed E-state index contributed by atoms with van der Waals surface area (Å²) in [6.45, 7) is 3.48. The van der Waals surface area contributed by atoms with Gasteiger partial charge in [0.2, 0.25) is 5.76 Å². The number of rotatable bonds is 5. The number of amides is 1. The van der Waals surface area contributed by atoms with Crippen molar-refractivity contribution in [2.24, 2.45) is 5.92 Å². The number of hydrogen-bond acceptors (Lipinski definition) is 5. The molecule has 2 saturated heterocycles. The zero-order chi connectivity index (χ0) is 18.0. The summed E-state index contributed by atoms with van der Waals surface area (Å²) in [5.41, 5.74) is 0.627. The van der Waals surface area contributed by atoms with Crippen LogP contribution < -0.4 is 5.32 Å². The van der Waals surface area contributed by atoms with Gasteiger partial charge in [0.1, 0.15) is 5.82 Å². The lowest BCUT2D eigenvalue weighted by Crippen LogP contribution is -2.64. The molecule has 2 aliphatic rings. The van der Waals surface area contributed by atoms with Crippen molar-refractivity contribution in [2.45, 2.75) is 25.0 Å². The van der Waals surface area contributed by atoms with Gasteiger partial charge in [-0.05, 0) is 24.8 Å². The topological polar surface area (TPSA) is 67.6 Å². The summed E-state index contributed by atoms with van der Waals surface area (Å²) in [5, 5.41) is 6.39. The van der Waals surface area contributed by atoms with Gasteiger partial charge in [-0.15, -0.1) is 0 Å². The summed E-state index contributed by atoms with van der Waals surface area (Å²) in [6.07, 6.45) is 3.42. The molecule has 26 heavy (non-hydrogen) atoms. The molecule has 1 aromatic heterocycles. The van der Waals surface area contributed by atoms with E-state index in [9.17, 15) is 9.18 Å². The summed E-state index contributed by atoms with van der Waals surface area (Å²) >= 11 is 0. The van der Waals surface area contributed by atoms with Crippen LogP contribution in [0.1, 0.15) is 29.0 Å². The van der Waals surface area contributed by atoms with Crippen LogP contribution in [0.4, 0.5) is 4.39 Å². The third kappa shape index (κ3) is 3.64. The molecule has 1 aromatic carbocycles. The van der Waals surface area contributed by atoms with Crippen LogP contribution in [-0.4, -0.2) is 47.8 Å². The molecule has 3 heterocycles. The predicted octanol–water partition coefficient (Wildman–Crippen LogP) is 2.22. The third-order valence-electron chi connectivity index (χ3n) is 5.22. The molecule has 0 aliphatic carbocycles. The van der Waals surface area contributed by atoms with E-state index in [0.717, 1.165) is 31.5 Å². The molecular weight excluding hydrogens is 337 g/mol. The highest BCUT2D eigenvalue weighted by Gasteiger charge is 2.46. The van der Waals surface area contributed by atoms with Gasteiger partial charge in [0, 0.05) is 37.8 Å². The summed E-state index contributed by atoms with van der Waals surface area (Å²) < 4.78 is 24.7. The zero-order valence-electron chi connectivity index (χ0n) is 14.5. The van der Waals surface area contributed by atoms with Gasteiger partial charge in [0.15, 0.2) is 0 Å². The van der Waals surface area contributed by atoms with Crippen molar-refractivity contribution in [1.29, 1.82) is 0 Å². The van der Waals surface area contributed by atoms with Crippen molar-refractivity contribution in [3.63, 3.8) is 0 Å². The molecule has 1 amide bonds. The molecule has 1 N–H and O–H groups in total. The van der Waals surface area contributed by atoms with Crippen LogP contribution in [0.5, 0.6) is 0 Å². The minimum atomic E-state index is -0.248.